The summed E-state index contributed by atoms with van der Waals surface area (Å²) >= 11 is 1.81. The van der Waals surface area contributed by atoms with Gasteiger partial charge in [0.25, 0.3) is 0 Å². The lowest BCUT2D eigenvalue weighted by molar-refractivity contribution is 0.101. The predicted octanol–water partition coefficient (Wildman–Crippen LogP) is 4.74. The topological polar surface area (TPSA) is 17.1 Å². The molecule has 2 heteroatoms. The van der Waals surface area contributed by atoms with E-state index in [-0.39, 0.29) is 5.78 Å². The summed E-state index contributed by atoms with van der Waals surface area (Å²) in [6.45, 7) is 3.79. The summed E-state index contributed by atoms with van der Waals surface area (Å²) in [5, 5.41) is 0.411. The molecule has 0 N–H and O–H groups in total. The molecule has 0 saturated heterocycles. The van der Waals surface area contributed by atoms with E-state index in [4.69, 9.17) is 0 Å². The van der Waals surface area contributed by atoms with Crippen LogP contribution in [-0.2, 0) is 0 Å². The molecule has 1 unspecified atom stereocenters. The molecule has 0 aromatic heterocycles. The van der Waals surface area contributed by atoms with E-state index < -0.39 is 0 Å². The molecule has 0 radical (unpaired) electrons. The van der Waals surface area contributed by atoms with Crippen LogP contribution in [0.4, 0.5) is 0 Å². The van der Waals surface area contributed by atoms with Gasteiger partial charge in [-0.05, 0) is 31.5 Å². The minimum atomic E-state index is 0.114. The number of Topliss-reactive ketones (excluding diaryl/α,β-unsaturated/α-hetero) is 1. The molecule has 0 spiro atoms. The SMILES string of the molecule is CC(=O)c1ccc(SC(C)c2ccccc2)cc1. The summed E-state index contributed by atoms with van der Waals surface area (Å²) in [7, 11) is 0. The zero-order chi connectivity index (χ0) is 13.0. The fourth-order valence-corrected chi connectivity index (χ4v) is 2.76. The third kappa shape index (κ3) is 3.23. The smallest absolute Gasteiger partial charge is 0.159 e. The van der Waals surface area contributed by atoms with Crippen LogP contribution in [0.5, 0.6) is 0 Å². The van der Waals surface area contributed by atoms with Crippen LogP contribution in [0.25, 0.3) is 0 Å². The zero-order valence-corrected chi connectivity index (χ0v) is 11.4. The van der Waals surface area contributed by atoms with Crippen molar-refractivity contribution in [3.05, 3.63) is 65.7 Å². The highest BCUT2D eigenvalue weighted by Gasteiger charge is 2.07. The van der Waals surface area contributed by atoms with Crippen molar-refractivity contribution < 1.29 is 4.79 Å². The largest absolute Gasteiger partial charge is 0.295 e. The molecule has 0 saturated carbocycles. The van der Waals surface area contributed by atoms with Crippen LogP contribution < -0.4 is 0 Å². The van der Waals surface area contributed by atoms with E-state index in [1.807, 2.05) is 30.3 Å². The van der Waals surface area contributed by atoms with Gasteiger partial charge in [-0.3, -0.25) is 4.79 Å². The summed E-state index contributed by atoms with van der Waals surface area (Å²) in [6.07, 6.45) is 0. The van der Waals surface area contributed by atoms with Crippen LogP contribution in [0, 0.1) is 0 Å². The lowest BCUT2D eigenvalue weighted by Crippen LogP contribution is -1.91. The Hall–Kier alpha value is -1.54. The van der Waals surface area contributed by atoms with Crippen molar-refractivity contribution in [1.82, 2.24) is 0 Å². The van der Waals surface area contributed by atoms with E-state index in [0.29, 0.717) is 5.25 Å². The van der Waals surface area contributed by atoms with Gasteiger partial charge in [-0.15, -0.1) is 11.8 Å². The first kappa shape index (κ1) is 12.9. The Morgan fingerprint density at radius 3 is 2.17 bits per heavy atom. The van der Waals surface area contributed by atoms with Crippen LogP contribution in [0.2, 0.25) is 0 Å². The number of ketones is 1. The number of thioether (sulfide) groups is 1. The molecule has 2 aromatic rings. The van der Waals surface area contributed by atoms with Gasteiger partial charge < -0.3 is 0 Å². The average Bonchev–Trinajstić information content (AvgIpc) is 2.40. The second-order valence-electron chi connectivity index (χ2n) is 4.25. The molecular formula is C16H16OS. The van der Waals surface area contributed by atoms with Crippen molar-refractivity contribution >= 4 is 17.5 Å². The number of carbonyl (C=O) groups excluding carboxylic acids is 1. The van der Waals surface area contributed by atoms with E-state index in [2.05, 4.69) is 31.2 Å². The van der Waals surface area contributed by atoms with E-state index in [1.165, 1.54) is 10.5 Å². The molecule has 0 aliphatic carbocycles. The quantitative estimate of drug-likeness (QED) is 0.580. The molecule has 0 fully saturated rings. The van der Waals surface area contributed by atoms with Crippen LogP contribution >= 0.6 is 11.8 Å². The van der Waals surface area contributed by atoms with Crippen molar-refractivity contribution in [3.63, 3.8) is 0 Å². The number of hydrogen-bond donors (Lipinski definition) is 0. The predicted molar refractivity (Wildman–Crippen MR) is 77.2 cm³/mol. The molecule has 18 heavy (non-hydrogen) atoms. The summed E-state index contributed by atoms with van der Waals surface area (Å²) < 4.78 is 0. The summed E-state index contributed by atoms with van der Waals surface area (Å²) in [6, 6.07) is 18.2. The molecule has 2 aromatic carbocycles. The number of carbonyl (C=O) groups is 1. The molecule has 0 heterocycles. The zero-order valence-electron chi connectivity index (χ0n) is 10.6. The van der Waals surface area contributed by atoms with Gasteiger partial charge >= 0.3 is 0 Å². The first-order chi connectivity index (χ1) is 8.66. The first-order valence-electron chi connectivity index (χ1n) is 5.99. The van der Waals surface area contributed by atoms with E-state index in [1.54, 1.807) is 18.7 Å². The lowest BCUT2D eigenvalue weighted by Gasteiger charge is -2.11. The fourth-order valence-electron chi connectivity index (χ4n) is 1.76. The molecule has 2 rings (SSSR count). The lowest BCUT2D eigenvalue weighted by atomic mass is 10.2. The molecule has 0 bridgehead atoms. The number of hydrogen-bond acceptors (Lipinski definition) is 2. The van der Waals surface area contributed by atoms with E-state index >= 15 is 0 Å². The van der Waals surface area contributed by atoms with Crippen molar-refractivity contribution in [3.8, 4) is 0 Å². The highest BCUT2D eigenvalue weighted by molar-refractivity contribution is 7.99. The maximum Gasteiger partial charge on any atom is 0.159 e. The Kier molecular flexibility index (Phi) is 4.21. The molecule has 0 aliphatic rings. The van der Waals surface area contributed by atoms with Crippen molar-refractivity contribution in [2.45, 2.75) is 24.0 Å². The van der Waals surface area contributed by atoms with Crippen molar-refractivity contribution in [2.75, 3.05) is 0 Å². The van der Waals surface area contributed by atoms with Crippen LogP contribution in [-0.4, -0.2) is 5.78 Å². The van der Waals surface area contributed by atoms with Gasteiger partial charge in [0, 0.05) is 15.7 Å². The third-order valence-corrected chi connectivity index (χ3v) is 4.01. The van der Waals surface area contributed by atoms with Gasteiger partial charge in [-0.2, -0.15) is 0 Å². The maximum absolute atomic E-state index is 11.2. The summed E-state index contributed by atoms with van der Waals surface area (Å²) in [5.41, 5.74) is 2.09. The van der Waals surface area contributed by atoms with Gasteiger partial charge in [-0.25, -0.2) is 0 Å². The fraction of sp³-hybridized carbons (Fsp3) is 0.188. The van der Waals surface area contributed by atoms with Gasteiger partial charge in [-0.1, -0.05) is 42.5 Å². The molecule has 92 valence electrons. The summed E-state index contributed by atoms with van der Waals surface area (Å²) in [5.74, 6) is 0.114. The Bertz CT molecular complexity index is 517. The molecule has 1 atom stereocenters. The summed E-state index contributed by atoms with van der Waals surface area (Å²) in [4.78, 5) is 12.4. The Morgan fingerprint density at radius 2 is 1.61 bits per heavy atom. The monoisotopic (exact) mass is 256 g/mol. The minimum Gasteiger partial charge on any atom is -0.295 e. The average molecular weight is 256 g/mol. The third-order valence-electron chi connectivity index (χ3n) is 2.84. The van der Waals surface area contributed by atoms with Gasteiger partial charge in [0.05, 0.1) is 0 Å². The van der Waals surface area contributed by atoms with E-state index in [0.717, 1.165) is 5.56 Å². The number of benzene rings is 2. The van der Waals surface area contributed by atoms with Crippen LogP contribution in [0.3, 0.4) is 0 Å². The molecule has 0 amide bonds. The standard InChI is InChI=1S/C16H16OS/c1-12(17)14-8-10-16(11-9-14)18-13(2)15-6-4-3-5-7-15/h3-11,13H,1-2H3. The van der Waals surface area contributed by atoms with Crippen molar-refractivity contribution in [2.24, 2.45) is 0 Å². The normalized spacial score (nSPS) is 12.1. The Morgan fingerprint density at radius 1 is 1.00 bits per heavy atom. The Balaban J connectivity index is 2.08. The molecule has 1 nitrogen and oxygen atoms in total. The maximum atomic E-state index is 11.2. The highest BCUT2D eigenvalue weighted by atomic mass is 32.2. The second kappa shape index (κ2) is 5.87. The molecule has 0 aliphatic heterocycles. The van der Waals surface area contributed by atoms with Gasteiger partial charge in [0.1, 0.15) is 0 Å². The minimum absolute atomic E-state index is 0.114. The van der Waals surface area contributed by atoms with Crippen LogP contribution in [0.15, 0.2) is 59.5 Å². The van der Waals surface area contributed by atoms with E-state index in [9.17, 15) is 4.79 Å². The van der Waals surface area contributed by atoms with Crippen molar-refractivity contribution in [1.29, 1.82) is 0 Å². The van der Waals surface area contributed by atoms with Crippen LogP contribution in [0.1, 0.15) is 35.0 Å². The second-order valence-corrected chi connectivity index (χ2v) is 5.67. The number of rotatable bonds is 4. The highest BCUT2D eigenvalue weighted by Crippen LogP contribution is 2.34. The first-order valence-corrected chi connectivity index (χ1v) is 6.87. The van der Waals surface area contributed by atoms with Gasteiger partial charge in [0.15, 0.2) is 5.78 Å². The Labute approximate surface area is 112 Å². The van der Waals surface area contributed by atoms with Gasteiger partial charge in [0.2, 0.25) is 0 Å². The molecular weight excluding hydrogens is 240 g/mol.